The summed E-state index contributed by atoms with van der Waals surface area (Å²) in [6.07, 6.45) is -0.847. The van der Waals surface area contributed by atoms with Crippen molar-refractivity contribution >= 4 is 27.5 Å². The van der Waals surface area contributed by atoms with Gasteiger partial charge in [0, 0.05) is 7.05 Å². The standard InChI is InChI=1S/C18H19NO5S/c1-13(20)14(2)24-18(21)15-9-11-17(12-10-15)25(22,23)19(3)16-7-5-4-6-8-16/h4-12,14H,1-3H3. The molecule has 0 fully saturated rings. The average molecular weight is 361 g/mol. The van der Waals surface area contributed by atoms with Crippen LogP contribution in [0.3, 0.4) is 0 Å². The lowest BCUT2D eigenvalue weighted by Crippen LogP contribution is -2.26. The number of hydrogen-bond donors (Lipinski definition) is 0. The zero-order valence-electron chi connectivity index (χ0n) is 14.2. The lowest BCUT2D eigenvalue weighted by atomic mass is 10.2. The fourth-order valence-electron chi connectivity index (χ4n) is 2.01. The van der Waals surface area contributed by atoms with Crippen LogP contribution < -0.4 is 4.31 Å². The van der Waals surface area contributed by atoms with E-state index in [4.69, 9.17) is 4.74 Å². The summed E-state index contributed by atoms with van der Waals surface area (Å²) in [4.78, 5) is 23.1. The maximum atomic E-state index is 12.6. The molecule has 1 atom stereocenters. The molecule has 0 saturated carbocycles. The second-order valence-corrected chi connectivity index (χ2v) is 7.46. The number of Topliss-reactive ketones (excluding diaryl/α,β-unsaturated/α-hetero) is 1. The van der Waals surface area contributed by atoms with Gasteiger partial charge in [-0.25, -0.2) is 13.2 Å². The Morgan fingerprint density at radius 1 is 1.00 bits per heavy atom. The first-order chi connectivity index (χ1) is 11.7. The van der Waals surface area contributed by atoms with Gasteiger partial charge in [-0.15, -0.1) is 0 Å². The van der Waals surface area contributed by atoms with E-state index < -0.39 is 22.1 Å². The molecule has 0 amide bonds. The average Bonchev–Trinajstić information content (AvgIpc) is 2.61. The molecule has 0 aliphatic rings. The van der Waals surface area contributed by atoms with Crippen molar-refractivity contribution < 1.29 is 22.7 Å². The van der Waals surface area contributed by atoms with Crippen molar-refractivity contribution in [3.8, 4) is 0 Å². The summed E-state index contributed by atoms with van der Waals surface area (Å²) in [6, 6.07) is 14.1. The number of rotatable bonds is 6. The molecule has 0 aliphatic heterocycles. The van der Waals surface area contributed by atoms with E-state index in [1.54, 1.807) is 30.3 Å². The highest BCUT2D eigenvalue weighted by Gasteiger charge is 2.22. The topological polar surface area (TPSA) is 80.8 Å². The van der Waals surface area contributed by atoms with Crippen molar-refractivity contribution in [1.29, 1.82) is 0 Å². The summed E-state index contributed by atoms with van der Waals surface area (Å²) < 4.78 is 31.4. The molecule has 0 spiro atoms. The third-order valence-electron chi connectivity index (χ3n) is 3.72. The molecule has 7 heteroatoms. The molecule has 0 aliphatic carbocycles. The molecule has 1 unspecified atom stereocenters. The minimum atomic E-state index is -3.74. The third-order valence-corrected chi connectivity index (χ3v) is 5.52. The van der Waals surface area contributed by atoms with Crippen LogP contribution in [0, 0.1) is 0 Å². The fourth-order valence-corrected chi connectivity index (χ4v) is 3.20. The second-order valence-electron chi connectivity index (χ2n) is 5.49. The van der Waals surface area contributed by atoms with Crippen molar-refractivity contribution in [3.05, 3.63) is 60.2 Å². The molecule has 0 heterocycles. The molecular formula is C18H19NO5S. The van der Waals surface area contributed by atoms with E-state index in [0.717, 1.165) is 4.31 Å². The van der Waals surface area contributed by atoms with E-state index in [0.29, 0.717) is 5.69 Å². The lowest BCUT2D eigenvalue weighted by molar-refractivity contribution is -0.124. The van der Waals surface area contributed by atoms with Crippen LogP contribution in [0.15, 0.2) is 59.5 Å². The van der Waals surface area contributed by atoms with E-state index in [1.807, 2.05) is 0 Å². The Morgan fingerprint density at radius 3 is 2.08 bits per heavy atom. The smallest absolute Gasteiger partial charge is 0.338 e. The Labute approximate surface area is 147 Å². The Kier molecular flexibility index (Phi) is 5.58. The fraction of sp³-hybridized carbons (Fsp3) is 0.222. The van der Waals surface area contributed by atoms with Crippen LogP contribution in [0.25, 0.3) is 0 Å². The Hall–Kier alpha value is -2.67. The van der Waals surface area contributed by atoms with Crippen LogP contribution in [0.4, 0.5) is 5.69 Å². The maximum Gasteiger partial charge on any atom is 0.338 e. The van der Waals surface area contributed by atoms with Gasteiger partial charge < -0.3 is 4.74 Å². The predicted octanol–water partition coefficient (Wildman–Crippen LogP) is 2.65. The summed E-state index contributed by atoms with van der Waals surface area (Å²) in [5, 5.41) is 0. The molecule has 0 aromatic heterocycles. The molecule has 2 aromatic rings. The zero-order chi connectivity index (χ0) is 18.6. The van der Waals surface area contributed by atoms with Gasteiger partial charge in [0.25, 0.3) is 10.0 Å². The monoisotopic (exact) mass is 361 g/mol. The van der Waals surface area contributed by atoms with Gasteiger partial charge in [0.15, 0.2) is 11.9 Å². The van der Waals surface area contributed by atoms with Crippen LogP contribution in [-0.2, 0) is 19.6 Å². The SMILES string of the molecule is CC(=O)C(C)OC(=O)c1ccc(S(=O)(=O)N(C)c2ccccc2)cc1. The van der Waals surface area contributed by atoms with Gasteiger partial charge >= 0.3 is 5.97 Å². The molecule has 25 heavy (non-hydrogen) atoms. The molecule has 0 radical (unpaired) electrons. The highest BCUT2D eigenvalue weighted by atomic mass is 32.2. The zero-order valence-corrected chi connectivity index (χ0v) is 15.0. The minimum absolute atomic E-state index is 0.0509. The van der Waals surface area contributed by atoms with Gasteiger partial charge in [0.2, 0.25) is 0 Å². The molecule has 0 N–H and O–H groups in total. The molecule has 6 nitrogen and oxygen atoms in total. The lowest BCUT2D eigenvalue weighted by Gasteiger charge is -2.19. The minimum Gasteiger partial charge on any atom is -0.451 e. The van der Waals surface area contributed by atoms with E-state index >= 15 is 0 Å². The van der Waals surface area contributed by atoms with Crippen molar-refractivity contribution in [2.45, 2.75) is 24.8 Å². The Morgan fingerprint density at radius 2 is 1.56 bits per heavy atom. The molecule has 2 rings (SSSR count). The van der Waals surface area contributed by atoms with Crippen LogP contribution in [0.1, 0.15) is 24.2 Å². The molecular weight excluding hydrogens is 342 g/mol. The van der Waals surface area contributed by atoms with E-state index in [-0.39, 0.29) is 16.2 Å². The number of para-hydroxylation sites is 1. The van der Waals surface area contributed by atoms with E-state index in [9.17, 15) is 18.0 Å². The van der Waals surface area contributed by atoms with Gasteiger partial charge in [0.05, 0.1) is 16.1 Å². The number of carbonyl (C=O) groups is 2. The first kappa shape index (κ1) is 18.7. The quantitative estimate of drug-likeness (QED) is 0.739. The van der Waals surface area contributed by atoms with Crippen LogP contribution in [0.5, 0.6) is 0 Å². The van der Waals surface area contributed by atoms with Gasteiger partial charge in [-0.2, -0.15) is 0 Å². The molecule has 0 saturated heterocycles. The normalized spacial score (nSPS) is 12.3. The first-order valence-corrected chi connectivity index (χ1v) is 9.03. The highest BCUT2D eigenvalue weighted by molar-refractivity contribution is 7.92. The van der Waals surface area contributed by atoms with Crippen LogP contribution >= 0.6 is 0 Å². The number of anilines is 1. The Bertz CT molecular complexity index is 860. The number of benzene rings is 2. The van der Waals surface area contributed by atoms with Gasteiger partial charge in [-0.3, -0.25) is 9.10 Å². The predicted molar refractivity (Wildman–Crippen MR) is 94.0 cm³/mol. The summed E-state index contributed by atoms with van der Waals surface area (Å²) in [5.41, 5.74) is 0.704. The van der Waals surface area contributed by atoms with E-state index in [2.05, 4.69) is 0 Å². The molecule has 132 valence electrons. The second kappa shape index (κ2) is 7.48. The van der Waals surface area contributed by atoms with Crippen LogP contribution in [-0.4, -0.2) is 33.3 Å². The number of sulfonamides is 1. The van der Waals surface area contributed by atoms with Gasteiger partial charge in [0.1, 0.15) is 0 Å². The Balaban J connectivity index is 2.21. The van der Waals surface area contributed by atoms with Crippen molar-refractivity contribution in [3.63, 3.8) is 0 Å². The molecule has 0 bridgehead atoms. The maximum absolute atomic E-state index is 12.6. The summed E-state index contributed by atoms with van der Waals surface area (Å²) >= 11 is 0. The van der Waals surface area contributed by atoms with Crippen molar-refractivity contribution in [1.82, 2.24) is 0 Å². The number of ether oxygens (including phenoxy) is 1. The van der Waals surface area contributed by atoms with Crippen molar-refractivity contribution in [2.75, 3.05) is 11.4 Å². The van der Waals surface area contributed by atoms with Crippen molar-refractivity contribution in [2.24, 2.45) is 0 Å². The highest BCUT2D eigenvalue weighted by Crippen LogP contribution is 2.22. The van der Waals surface area contributed by atoms with Crippen LogP contribution in [0.2, 0.25) is 0 Å². The largest absolute Gasteiger partial charge is 0.451 e. The number of carbonyl (C=O) groups excluding carboxylic acids is 2. The van der Waals surface area contributed by atoms with Gasteiger partial charge in [-0.1, -0.05) is 18.2 Å². The molecule has 2 aromatic carbocycles. The number of nitrogens with zero attached hydrogens (tertiary/aromatic N) is 1. The first-order valence-electron chi connectivity index (χ1n) is 7.59. The van der Waals surface area contributed by atoms with E-state index in [1.165, 1.54) is 45.2 Å². The summed E-state index contributed by atoms with van der Waals surface area (Å²) in [5.74, 6) is -0.944. The summed E-state index contributed by atoms with van der Waals surface area (Å²) in [6.45, 7) is 2.81. The number of esters is 1. The number of hydrogen-bond acceptors (Lipinski definition) is 5. The third kappa shape index (κ3) is 4.24. The summed E-state index contributed by atoms with van der Waals surface area (Å²) in [7, 11) is -2.28. The van der Waals surface area contributed by atoms with Gasteiger partial charge in [-0.05, 0) is 50.2 Å². The number of ketones is 1.